The fraction of sp³-hybridized carbons (Fsp3) is 0.405. The smallest absolute Gasteiger partial charge is 0.318 e. The Morgan fingerprint density at radius 1 is 1.04 bits per heavy atom. The number of nitrogens with zero attached hydrogens (tertiary/aromatic N) is 3. The SMILES string of the molecule is Cc1ccc(C2CCN(C(=O)NC(C(=O)N3C[C@@H](CN(C)C)Cc4cc(Cl)ccc43)C(C)c3c[nH]c4ccccc34)CC2)cc1. The lowest BCUT2D eigenvalue weighted by Crippen LogP contribution is -2.57. The molecule has 236 valence electrons. The maximum Gasteiger partial charge on any atom is 0.318 e. The number of halogens is 1. The number of hydrogen-bond acceptors (Lipinski definition) is 3. The van der Waals surface area contributed by atoms with Crippen LogP contribution in [0.15, 0.2) is 72.9 Å². The van der Waals surface area contributed by atoms with Crippen LogP contribution >= 0.6 is 11.6 Å². The Bertz CT molecular complexity index is 1660. The minimum Gasteiger partial charge on any atom is -0.361 e. The summed E-state index contributed by atoms with van der Waals surface area (Å²) >= 11 is 6.42. The van der Waals surface area contributed by atoms with E-state index in [-0.39, 0.29) is 23.8 Å². The minimum atomic E-state index is -0.756. The molecular weight excluding hydrogens is 582 g/mol. The highest BCUT2D eigenvalue weighted by molar-refractivity contribution is 6.30. The van der Waals surface area contributed by atoms with Crippen LogP contribution in [0.4, 0.5) is 10.5 Å². The van der Waals surface area contributed by atoms with Gasteiger partial charge in [0.25, 0.3) is 0 Å². The molecule has 0 radical (unpaired) electrons. The zero-order valence-corrected chi connectivity index (χ0v) is 27.5. The summed E-state index contributed by atoms with van der Waals surface area (Å²) in [6.45, 7) is 6.89. The van der Waals surface area contributed by atoms with Crippen molar-refractivity contribution in [2.24, 2.45) is 5.92 Å². The Balaban J connectivity index is 1.28. The molecule has 0 spiro atoms. The summed E-state index contributed by atoms with van der Waals surface area (Å²) in [6.07, 6.45) is 4.63. The summed E-state index contributed by atoms with van der Waals surface area (Å²) in [4.78, 5) is 38.0. The number of likely N-dealkylation sites (tertiary alicyclic amines) is 1. The predicted molar refractivity (Wildman–Crippen MR) is 183 cm³/mol. The van der Waals surface area contributed by atoms with E-state index in [9.17, 15) is 9.59 Å². The van der Waals surface area contributed by atoms with Gasteiger partial charge in [-0.2, -0.15) is 0 Å². The molecule has 6 rings (SSSR count). The van der Waals surface area contributed by atoms with Crippen LogP contribution in [0.25, 0.3) is 10.9 Å². The summed E-state index contributed by atoms with van der Waals surface area (Å²) < 4.78 is 0. The van der Waals surface area contributed by atoms with E-state index >= 15 is 0 Å². The van der Waals surface area contributed by atoms with Gasteiger partial charge in [0.2, 0.25) is 5.91 Å². The number of amides is 3. The van der Waals surface area contributed by atoms with Gasteiger partial charge in [-0.1, -0.05) is 66.6 Å². The first-order valence-corrected chi connectivity index (χ1v) is 16.5. The van der Waals surface area contributed by atoms with Crippen molar-refractivity contribution in [2.45, 2.75) is 51.0 Å². The van der Waals surface area contributed by atoms with E-state index in [2.05, 4.69) is 66.6 Å². The third-order valence-corrected chi connectivity index (χ3v) is 9.89. The maximum atomic E-state index is 14.8. The molecule has 45 heavy (non-hydrogen) atoms. The summed E-state index contributed by atoms with van der Waals surface area (Å²) in [5, 5.41) is 4.97. The average molecular weight is 626 g/mol. The molecule has 3 aromatic carbocycles. The van der Waals surface area contributed by atoms with Gasteiger partial charge in [-0.15, -0.1) is 0 Å². The highest BCUT2D eigenvalue weighted by atomic mass is 35.5. The number of H-pyrrole nitrogens is 1. The molecule has 2 unspecified atom stereocenters. The second-order valence-corrected chi connectivity index (χ2v) is 13.7. The molecule has 3 atom stereocenters. The standard InChI is InChI=1S/C37H44ClN5O2/c1-24-9-11-27(12-10-24)28-15-17-42(18-16-28)37(45)40-35(25(2)32-21-39-33-8-6-5-7-31(32)33)36(44)43-23-26(22-41(3)4)19-29-20-30(38)13-14-34(29)43/h5-14,20-21,25-26,28,35,39H,15-19,22-23H2,1-4H3,(H,40,45)/t25?,26-,35?/m1/s1. The maximum absolute atomic E-state index is 14.8. The second-order valence-electron chi connectivity index (χ2n) is 13.2. The van der Waals surface area contributed by atoms with Crippen molar-refractivity contribution in [3.8, 4) is 0 Å². The van der Waals surface area contributed by atoms with E-state index < -0.39 is 6.04 Å². The fourth-order valence-electron chi connectivity index (χ4n) is 7.26. The highest BCUT2D eigenvalue weighted by Crippen LogP contribution is 2.35. The fourth-order valence-corrected chi connectivity index (χ4v) is 7.45. The van der Waals surface area contributed by atoms with Crippen LogP contribution in [0.3, 0.4) is 0 Å². The molecule has 3 heterocycles. The monoisotopic (exact) mass is 625 g/mol. The van der Waals surface area contributed by atoms with E-state index in [1.165, 1.54) is 11.1 Å². The number of fused-ring (bicyclic) bond motifs is 2. The Morgan fingerprint density at radius 2 is 1.78 bits per heavy atom. The third kappa shape index (κ3) is 6.75. The Labute approximate surface area is 271 Å². The van der Waals surface area contributed by atoms with Crippen LogP contribution in [-0.2, 0) is 11.2 Å². The van der Waals surface area contributed by atoms with Crippen molar-refractivity contribution in [3.63, 3.8) is 0 Å². The number of anilines is 1. The number of nitrogens with one attached hydrogen (secondary N) is 2. The number of urea groups is 1. The molecule has 4 aromatic rings. The lowest BCUT2D eigenvalue weighted by atomic mass is 9.88. The van der Waals surface area contributed by atoms with Crippen LogP contribution in [0.2, 0.25) is 5.02 Å². The van der Waals surface area contributed by atoms with Crippen LogP contribution in [-0.4, -0.2) is 73.0 Å². The normalized spacial score (nSPS) is 18.6. The van der Waals surface area contributed by atoms with Crippen molar-refractivity contribution >= 4 is 40.1 Å². The Morgan fingerprint density at radius 3 is 2.51 bits per heavy atom. The summed E-state index contributed by atoms with van der Waals surface area (Å²) in [7, 11) is 4.12. The lowest BCUT2D eigenvalue weighted by molar-refractivity contribution is -0.121. The topological polar surface area (TPSA) is 71.7 Å². The number of benzene rings is 3. The summed E-state index contributed by atoms with van der Waals surface area (Å²) in [5.41, 5.74) is 6.56. The van der Waals surface area contributed by atoms with Crippen LogP contribution in [0.5, 0.6) is 0 Å². The lowest BCUT2D eigenvalue weighted by Gasteiger charge is -2.39. The number of rotatable bonds is 7. The molecule has 0 bridgehead atoms. The molecule has 0 saturated carbocycles. The molecule has 3 amide bonds. The first-order chi connectivity index (χ1) is 21.7. The summed E-state index contributed by atoms with van der Waals surface area (Å²) in [5.74, 6) is 0.313. The van der Waals surface area contributed by atoms with Gasteiger partial charge in [-0.25, -0.2) is 4.79 Å². The van der Waals surface area contributed by atoms with Crippen molar-refractivity contribution in [3.05, 3.63) is 100 Å². The zero-order valence-electron chi connectivity index (χ0n) is 26.7. The minimum absolute atomic E-state index is 0.0947. The van der Waals surface area contributed by atoms with E-state index in [1.807, 2.05) is 59.3 Å². The number of hydrogen-bond donors (Lipinski definition) is 2. The number of aryl methyl sites for hydroxylation is 1. The van der Waals surface area contributed by atoms with Crippen LogP contribution < -0.4 is 10.2 Å². The van der Waals surface area contributed by atoms with E-state index in [1.54, 1.807) is 0 Å². The quantitative estimate of drug-likeness (QED) is 0.233. The largest absolute Gasteiger partial charge is 0.361 e. The molecular formula is C37H44ClN5O2. The predicted octanol–water partition coefficient (Wildman–Crippen LogP) is 6.96. The van der Waals surface area contributed by atoms with Crippen molar-refractivity contribution < 1.29 is 9.59 Å². The Hall–Kier alpha value is -3.81. The van der Waals surface area contributed by atoms with Gasteiger partial charge in [0.05, 0.1) is 0 Å². The van der Waals surface area contributed by atoms with Crippen molar-refractivity contribution in [1.29, 1.82) is 0 Å². The first kappa shape index (κ1) is 31.2. The number of para-hydroxylation sites is 1. The third-order valence-electron chi connectivity index (χ3n) is 9.66. The number of aromatic amines is 1. The van der Waals surface area contributed by atoms with Gasteiger partial charge in [0.15, 0.2) is 0 Å². The molecule has 0 aliphatic carbocycles. The first-order valence-electron chi connectivity index (χ1n) is 16.1. The van der Waals surface area contributed by atoms with Gasteiger partial charge >= 0.3 is 6.03 Å². The zero-order chi connectivity index (χ0) is 31.7. The van der Waals surface area contributed by atoms with Gasteiger partial charge in [0.1, 0.15) is 6.04 Å². The van der Waals surface area contributed by atoms with Crippen molar-refractivity contribution in [2.75, 3.05) is 45.2 Å². The van der Waals surface area contributed by atoms with E-state index in [0.29, 0.717) is 30.6 Å². The van der Waals surface area contributed by atoms with Gasteiger partial charge in [0, 0.05) is 59.9 Å². The summed E-state index contributed by atoms with van der Waals surface area (Å²) in [6, 6.07) is 21.7. The van der Waals surface area contributed by atoms with Gasteiger partial charge in [-0.05, 0) is 93.1 Å². The molecule has 1 aromatic heterocycles. The number of piperidine rings is 1. The molecule has 1 saturated heterocycles. The second kappa shape index (κ2) is 13.3. The van der Waals surface area contributed by atoms with Gasteiger partial charge < -0.3 is 25.0 Å². The van der Waals surface area contributed by atoms with Crippen LogP contribution in [0, 0.1) is 12.8 Å². The number of carbonyl (C=O) groups is 2. The highest BCUT2D eigenvalue weighted by Gasteiger charge is 2.38. The van der Waals surface area contributed by atoms with E-state index in [0.717, 1.165) is 53.5 Å². The molecule has 2 aliphatic rings. The van der Waals surface area contributed by atoms with Crippen molar-refractivity contribution in [1.82, 2.24) is 20.1 Å². The molecule has 8 heteroatoms. The molecule has 7 nitrogen and oxygen atoms in total. The molecule has 2 N–H and O–H groups in total. The average Bonchev–Trinajstić information content (AvgIpc) is 3.47. The number of carbonyl (C=O) groups excluding carboxylic acids is 2. The molecule has 2 aliphatic heterocycles. The van der Waals surface area contributed by atoms with E-state index in [4.69, 9.17) is 11.6 Å². The van der Waals surface area contributed by atoms with Crippen LogP contribution in [0.1, 0.15) is 53.9 Å². The molecule has 1 fully saturated rings. The number of aromatic nitrogens is 1. The Kier molecular flexibility index (Phi) is 9.20. The van der Waals surface area contributed by atoms with Gasteiger partial charge in [-0.3, -0.25) is 4.79 Å².